The predicted octanol–water partition coefficient (Wildman–Crippen LogP) is 5.93. The second-order valence-corrected chi connectivity index (χ2v) is 7.57. The van der Waals surface area contributed by atoms with Crippen molar-refractivity contribution in [2.45, 2.75) is 6.92 Å². The second-order valence-electron chi connectivity index (χ2n) is 7.57. The van der Waals surface area contributed by atoms with E-state index in [-0.39, 0.29) is 11.1 Å². The Morgan fingerprint density at radius 3 is 2.12 bits per heavy atom. The number of benzene rings is 4. The third kappa shape index (κ3) is 3.78. The van der Waals surface area contributed by atoms with Crippen molar-refractivity contribution in [1.82, 2.24) is 15.0 Å². The summed E-state index contributed by atoms with van der Waals surface area (Å²) in [5, 5.41) is 27.5. The van der Waals surface area contributed by atoms with Crippen LogP contribution in [-0.4, -0.2) is 15.0 Å². The number of rotatable bonds is 4. The molecule has 6 heteroatoms. The SMILES string of the molecule is Cc1ccc(-c2ccc(Oc3cc(C#N)c(C#N)cc3-n3nnc4ccccc43)cc2)cc1. The Kier molecular flexibility index (Phi) is 5.03. The molecule has 0 unspecified atom stereocenters. The van der Waals surface area contributed by atoms with Crippen LogP contribution in [0.2, 0.25) is 0 Å². The number of hydrogen-bond donors (Lipinski definition) is 0. The van der Waals surface area contributed by atoms with E-state index in [1.165, 1.54) is 5.56 Å². The summed E-state index contributed by atoms with van der Waals surface area (Å²) in [4.78, 5) is 0. The molecule has 5 aromatic rings. The lowest BCUT2D eigenvalue weighted by molar-refractivity contribution is 0.478. The van der Waals surface area contributed by atoms with Gasteiger partial charge in [0.2, 0.25) is 0 Å². The van der Waals surface area contributed by atoms with Gasteiger partial charge >= 0.3 is 0 Å². The lowest BCUT2D eigenvalue weighted by Gasteiger charge is -2.13. The first-order valence-electron chi connectivity index (χ1n) is 10.3. The van der Waals surface area contributed by atoms with Gasteiger partial charge in [-0.1, -0.05) is 59.3 Å². The highest BCUT2D eigenvalue weighted by molar-refractivity contribution is 5.77. The molecule has 0 fully saturated rings. The number of ether oxygens (including phenoxy) is 1. The van der Waals surface area contributed by atoms with E-state index in [9.17, 15) is 10.5 Å². The van der Waals surface area contributed by atoms with Gasteiger partial charge in [-0.05, 0) is 48.4 Å². The predicted molar refractivity (Wildman–Crippen MR) is 125 cm³/mol. The van der Waals surface area contributed by atoms with Gasteiger partial charge in [-0.3, -0.25) is 0 Å². The smallest absolute Gasteiger partial charge is 0.154 e. The molecule has 0 N–H and O–H groups in total. The molecule has 0 aliphatic heterocycles. The average Bonchev–Trinajstić information content (AvgIpc) is 3.29. The van der Waals surface area contributed by atoms with E-state index >= 15 is 0 Å². The Bertz CT molecular complexity index is 1550. The molecule has 0 aliphatic carbocycles. The third-order valence-electron chi connectivity index (χ3n) is 5.39. The molecule has 33 heavy (non-hydrogen) atoms. The van der Waals surface area contributed by atoms with E-state index in [0.29, 0.717) is 22.7 Å². The van der Waals surface area contributed by atoms with E-state index in [0.717, 1.165) is 16.6 Å². The monoisotopic (exact) mass is 427 g/mol. The molecule has 0 bridgehead atoms. The van der Waals surface area contributed by atoms with Crippen LogP contribution in [0.1, 0.15) is 16.7 Å². The molecule has 0 saturated heterocycles. The lowest BCUT2D eigenvalue weighted by Crippen LogP contribution is -2.02. The fourth-order valence-corrected chi connectivity index (χ4v) is 3.64. The van der Waals surface area contributed by atoms with Crippen molar-refractivity contribution in [2.24, 2.45) is 0 Å². The van der Waals surface area contributed by atoms with Crippen molar-refractivity contribution in [1.29, 1.82) is 10.5 Å². The average molecular weight is 427 g/mol. The Balaban J connectivity index is 1.57. The fraction of sp³-hybridized carbons (Fsp3) is 0.0370. The Labute approximate surface area is 190 Å². The third-order valence-corrected chi connectivity index (χ3v) is 5.39. The van der Waals surface area contributed by atoms with Gasteiger partial charge in [0.15, 0.2) is 5.75 Å². The number of para-hydroxylation sites is 1. The van der Waals surface area contributed by atoms with Crippen LogP contribution in [0.25, 0.3) is 27.8 Å². The molecule has 0 radical (unpaired) electrons. The maximum Gasteiger partial charge on any atom is 0.154 e. The van der Waals surface area contributed by atoms with Crippen LogP contribution in [0, 0.1) is 29.6 Å². The van der Waals surface area contributed by atoms with Gasteiger partial charge in [0.25, 0.3) is 0 Å². The number of aromatic nitrogens is 3. The van der Waals surface area contributed by atoms with E-state index in [1.807, 2.05) is 48.5 Å². The number of nitriles is 2. The summed E-state index contributed by atoms with van der Waals surface area (Å²) in [5.41, 5.74) is 5.89. The van der Waals surface area contributed by atoms with E-state index in [2.05, 4.69) is 53.6 Å². The summed E-state index contributed by atoms with van der Waals surface area (Å²) in [7, 11) is 0. The van der Waals surface area contributed by atoms with Gasteiger partial charge in [0.1, 0.15) is 29.1 Å². The van der Waals surface area contributed by atoms with Gasteiger partial charge < -0.3 is 4.74 Å². The van der Waals surface area contributed by atoms with E-state index < -0.39 is 0 Å². The first-order valence-corrected chi connectivity index (χ1v) is 10.3. The van der Waals surface area contributed by atoms with Gasteiger partial charge in [-0.15, -0.1) is 5.10 Å². The standard InChI is InChI=1S/C27H17N5O/c1-18-6-8-19(9-7-18)20-10-12-23(13-11-20)33-27-15-22(17-29)21(16-28)14-26(27)32-25-5-3-2-4-24(25)30-31-32/h2-15H,1H3. The quantitative estimate of drug-likeness (QED) is 0.355. The second kappa shape index (κ2) is 8.30. The number of aryl methyl sites for hydroxylation is 1. The van der Waals surface area contributed by atoms with Crippen LogP contribution >= 0.6 is 0 Å². The highest BCUT2D eigenvalue weighted by Gasteiger charge is 2.17. The molecule has 6 nitrogen and oxygen atoms in total. The molecule has 0 atom stereocenters. The maximum absolute atomic E-state index is 9.53. The van der Waals surface area contributed by atoms with Crippen molar-refractivity contribution in [3.8, 4) is 40.5 Å². The molecule has 5 rings (SSSR count). The number of hydrogen-bond acceptors (Lipinski definition) is 5. The van der Waals surface area contributed by atoms with E-state index in [4.69, 9.17) is 4.74 Å². The molecular weight excluding hydrogens is 410 g/mol. The van der Waals surface area contributed by atoms with Crippen LogP contribution in [0.5, 0.6) is 11.5 Å². The molecule has 1 heterocycles. The Morgan fingerprint density at radius 2 is 1.42 bits per heavy atom. The molecule has 4 aromatic carbocycles. The summed E-state index contributed by atoms with van der Waals surface area (Å²) in [5.74, 6) is 1.01. The van der Waals surface area contributed by atoms with Crippen LogP contribution in [-0.2, 0) is 0 Å². The van der Waals surface area contributed by atoms with Crippen molar-refractivity contribution >= 4 is 11.0 Å². The Morgan fingerprint density at radius 1 is 0.788 bits per heavy atom. The summed E-state index contributed by atoms with van der Waals surface area (Å²) >= 11 is 0. The highest BCUT2D eigenvalue weighted by atomic mass is 16.5. The normalized spacial score (nSPS) is 10.5. The highest BCUT2D eigenvalue weighted by Crippen LogP contribution is 2.33. The molecule has 0 aliphatic rings. The van der Waals surface area contributed by atoms with Crippen molar-refractivity contribution in [3.63, 3.8) is 0 Å². The minimum absolute atomic E-state index is 0.233. The largest absolute Gasteiger partial charge is 0.455 e. The van der Waals surface area contributed by atoms with Gasteiger partial charge in [-0.2, -0.15) is 10.5 Å². The van der Waals surface area contributed by atoms with Crippen molar-refractivity contribution in [3.05, 3.63) is 102 Å². The zero-order valence-corrected chi connectivity index (χ0v) is 17.7. The molecule has 0 spiro atoms. The van der Waals surface area contributed by atoms with Gasteiger partial charge in [-0.25, -0.2) is 4.68 Å². The fourth-order valence-electron chi connectivity index (χ4n) is 3.64. The summed E-state index contributed by atoms with van der Waals surface area (Å²) in [6, 6.07) is 30.9. The zero-order chi connectivity index (χ0) is 22.8. The first-order chi connectivity index (χ1) is 16.2. The van der Waals surface area contributed by atoms with Crippen LogP contribution in [0.4, 0.5) is 0 Å². The van der Waals surface area contributed by atoms with E-state index in [1.54, 1.807) is 16.8 Å². The zero-order valence-electron chi connectivity index (χ0n) is 17.7. The minimum Gasteiger partial charge on any atom is -0.455 e. The van der Waals surface area contributed by atoms with Crippen molar-refractivity contribution < 1.29 is 4.74 Å². The number of fused-ring (bicyclic) bond motifs is 1. The van der Waals surface area contributed by atoms with Crippen LogP contribution < -0.4 is 4.74 Å². The van der Waals surface area contributed by atoms with Gasteiger partial charge in [0, 0.05) is 6.07 Å². The molecule has 0 saturated carbocycles. The molecule has 0 amide bonds. The van der Waals surface area contributed by atoms with Gasteiger partial charge in [0.05, 0.1) is 16.6 Å². The minimum atomic E-state index is 0.233. The summed E-state index contributed by atoms with van der Waals surface area (Å²) in [6.45, 7) is 2.06. The van der Waals surface area contributed by atoms with Crippen LogP contribution in [0.15, 0.2) is 84.9 Å². The van der Waals surface area contributed by atoms with Crippen LogP contribution in [0.3, 0.4) is 0 Å². The molecule has 156 valence electrons. The Hall–Kier alpha value is -4.94. The summed E-state index contributed by atoms with van der Waals surface area (Å²) < 4.78 is 7.80. The lowest BCUT2D eigenvalue weighted by atomic mass is 10.0. The topological polar surface area (TPSA) is 87.5 Å². The number of nitrogens with zero attached hydrogens (tertiary/aromatic N) is 5. The maximum atomic E-state index is 9.53. The molecule has 1 aromatic heterocycles. The molecular formula is C27H17N5O. The first kappa shape index (κ1) is 20.0. The van der Waals surface area contributed by atoms with Crippen molar-refractivity contribution in [2.75, 3.05) is 0 Å². The summed E-state index contributed by atoms with van der Waals surface area (Å²) in [6.07, 6.45) is 0.